The summed E-state index contributed by atoms with van der Waals surface area (Å²) in [6, 6.07) is 8.19. The summed E-state index contributed by atoms with van der Waals surface area (Å²) in [6.45, 7) is 6.40. The predicted molar refractivity (Wildman–Crippen MR) is 125 cm³/mol. The van der Waals surface area contributed by atoms with Gasteiger partial charge in [0.1, 0.15) is 0 Å². The van der Waals surface area contributed by atoms with Gasteiger partial charge >= 0.3 is 5.97 Å². The Morgan fingerprint density at radius 1 is 1.10 bits per heavy atom. The van der Waals surface area contributed by atoms with Crippen LogP contribution in [0.15, 0.2) is 29.3 Å². The van der Waals surface area contributed by atoms with Gasteiger partial charge in [-0.15, -0.1) is 0 Å². The van der Waals surface area contributed by atoms with Gasteiger partial charge in [-0.2, -0.15) is 0 Å². The second-order valence-corrected chi connectivity index (χ2v) is 8.94. The highest BCUT2D eigenvalue weighted by molar-refractivity contribution is 8.03. The van der Waals surface area contributed by atoms with E-state index in [9.17, 15) is 4.79 Å². The van der Waals surface area contributed by atoms with E-state index in [-0.39, 0.29) is 5.97 Å². The number of thioether (sulfide) groups is 1. The minimum absolute atomic E-state index is 0.296. The molecule has 0 unspecified atom stereocenters. The molecule has 1 aromatic rings. The molecule has 0 bridgehead atoms. The summed E-state index contributed by atoms with van der Waals surface area (Å²) in [6.07, 6.45) is 6.86. The maximum atomic E-state index is 11.9. The molecule has 3 rings (SSSR count). The van der Waals surface area contributed by atoms with Crippen LogP contribution in [0.4, 0.5) is 0 Å². The zero-order valence-electron chi connectivity index (χ0n) is 18.4. The molecule has 1 aliphatic carbocycles. The third kappa shape index (κ3) is 5.93. The summed E-state index contributed by atoms with van der Waals surface area (Å²) >= 11 is 1.75. The smallest absolute Gasteiger partial charge is 0.338 e. The summed E-state index contributed by atoms with van der Waals surface area (Å²) in [5.41, 5.74) is 8.90. The molecule has 1 saturated carbocycles. The van der Waals surface area contributed by atoms with Crippen molar-refractivity contribution in [2.45, 2.75) is 45.1 Å². The monoisotopic (exact) mass is 432 g/mol. The second-order valence-electron chi connectivity index (χ2n) is 7.97. The summed E-state index contributed by atoms with van der Waals surface area (Å²) in [5.74, 6) is 0.509. The van der Waals surface area contributed by atoms with Gasteiger partial charge in [-0.1, -0.05) is 43.2 Å². The molecule has 166 valence electrons. The molecule has 0 aromatic heterocycles. The fraction of sp³-hybridized carbons (Fsp3) is 0.609. The first-order valence-electron chi connectivity index (χ1n) is 11.2. The van der Waals surface area contributed by atoms with E-state index >= 15 is 0 Å². The lowest BCUT2D eigenvalue weighted by molar-refractivity contribution is 0.0526. The predicted octanol–water partition coefficient (Wildman–Crippen LogP) is 3.31. The number of ether oxygens (including phenoxy) is 1. The lowest BCUT2D eigenvalue weighted by Crippen LogP contribution is -2.50. The maximum absolute atomic E-state index is 11.9. The average Bonchev–Trinajstić information content (AvgIpc) is 2.80. The standard InChI is InChI=1S/C23H36N4O2S/c1-3-29-23(28)19-11-9-18(10-12-19)21(24)22(30-17-25-2)27-15-13-26(14-16-27)20-7-5-4-6-8-20/h9-12,20,25H,3-8,13-17,24H2,1-2H3/b22-21-. The molecule has 7 heteroatoms. The highest BCUT2D eigenvalue weighted by Crippen LogP contribution is 2.30. The molecule has 0 radical (unpaired) electrons. The number of rotatable bonds is 8. The van der Waals surface area contributed by atoms with E-state index in [1.807, 2.05) is 26.1 Å². The van der Waals surface area contributed by atoms with Gasteiger partial charge in [0.2, 0.25) is 0 Å². The van der Waals surface area contributed by atoms with Crippen molar-refractivity contribution < 1.29 is 9.53 Å². The number of carbonyl (C=O) groups is 1. The molecule has 2 fully saturated rings. The van der Waals surface area contributed by atoms with Gasteiger partial charge in [-0.05, 0) is 38.9 Å². The number of piperazine rings is 1. The first kappa shape index (κ1) is 23.0. The molecule has 0 amide bonds. The van der Waals surface area contributed by atoms with Gasteiger partial charge in [0.15, 0.2) is 0 Å². The van der Waals surface area contributed by atoms with Crippen LogP contribution in [0.2, 0.25) is 0 Å². The Kier molecular flexibility index (Phi) is 8.90. The lowest BCUT2D eigenvalue weighted by atomic mass is 9.94. The summed E-state index contributed by atoms with van der Waals surface area (Å²) in [4.78, 5) is 17.0. The van der Waals surface area contributed by atoms with Crippen molar-refractivity contribution in [2.24, 2.45) is 5.73 Å². The van der Waals surface area contributed by atoms with E-state index < -0.39 is 0 Å². The quantitative estimate of drug-likeness (QED) is 0.482. The molecular formula is C23H36N4O2S. The van der Waals surface area contributed by atoms with Crippen molar-refractivity contribution in [1.29, 1.82) is 0 Å². The van der Waals surface area contributed by atoms with Gasteiger partial charge in [0, 0.05) is 43.7 Å². The first-order chi connectivity index (χ1) is 14.6. The fourth-order valence-electron chi connectivity index (χ4n) is 4.34. The normalized spacial score (nSPS) is 19.5. The number of nitrogens with zero attached hydrogens (tertiary/aromatic N) is 2. The van der Waals surface area contributed by atoms with Crippen LogP contribution < -0.4 is 11.1 Å². The fourth-order valence-corrected chi connectivity index (χ4v) is 5.26. The van der Waals surface area contributed by atoms with Crippen molar-refractivity contribution >= 4 is 23.4 Å². The topological polar surface area (TPSA) is 70.8 Å². The molecule has 2 aliphatic rings. The molecule has 1 aromatic carbocycles. The Balaban J connectivity index is 1.71. The van der Waals surface area contributed by atoms with Crippen LogP contribution >= 0.6 is 11.8 Å². The Hall–Kier alpha value is -1.70. The third-order valence-corrected chi connectivity index (χ3v) is 7.17. The van der Waals surface area contributed by atoms with E-state index in [0.717, 1.165) is 54.4 Å². The van der Waals surface area contributed by atoms with Crippen LogP contribution in [0.1, 0.15) is 54.9 Å². The minimum Gasteiger partial charge on any atom is -0.462 e. The van der Waals surface area contributed by atoms with Crippen LogP contribution in [0, 0.1) is 0 Å². The van der Waals surface area contributed by atoms with Gasteiger partial charge in [0.05, 0.1) is 22.9 Å². The van der Waals surface area contributed by atoms with E-state index in [4.69, 9.17) is 10.5 Å². The van der Waals surface area contributed by atoms with Gasteiger partial charge in [0.25, 0.3) is 0 Å². The van der Waals surface area contributed by atoms with E-state index in [0.29, 0.717) is 12.2 Å². The molecule has 0 spiro atoms. The van der Waals surface area contributed by atoms with Crippen LogP contribution in [-0.4, -0.2) is 67.5 Å². The molecule has 1 saturated heterocycles. The first-order valence-corrected chi connectivity index (χ1v) is 12.2. The summed E-state index contributed by atoms with van der Waals surface area (Å²) < 4.78 is 5.08. The van der Waals surface area contributed by atoms with Crippen molar-refractivity contribution in [3.63, 3.8) is 0 Å². The Morgan fingerprint density at radius 2 is 1.73 bits per heavy atom. The van der Waals surface area contributed by atoms with Crippen molar-refractivity contribution in [2.75, 3.05) is 45.7 Å². The molecule has 3 N–H and O–H groups in total. The largest absolute Gasteiger partial charge is 0.462 e. The number of hydrogen-bond acceptors (Lipinski definition) is 7. The zero-order chi connectivity index (χ0) is 21.3. The lowest BCUT2D eigenvalue weighted by Gasteiger charge is -2.42. The molecule has 6 nitrogen and oxygen atoms in total. The van der Waals surface area contributed by atoms with Gasteiger partial charge in [-0.3, -0.25) is 4.90 Å². The SMILES string of the molecule is CCOC(=O)c1ccc(/C(N)=C(/SCNC)N2CCN(C3CCCCC3)CC2)cc1. The highest BCUT2D eigenvalue weighted by atomic mass is 32.2. The van der Waals surface area contributed by atoms with E-state index in [1.54, 1.807) is 23.9 Å². The Labute approximate surface area is 185 Å². The highest BCUT2D eigenvalue weighted by Gasteiger charge is 2.27. The number of carbonyl (C=O) groups excluding carboxylic acids is 1. The number of benzene rings is 1. The van der Waals surface area contributed by atoms with Crippen molar-refractivity contribution in [1.82, 2.24) is 15.1 Å². The molecule has 30 heavy (non-hydrogen) atoms. The van der Waals surface area contributed by atoms with Gasteiger partial charge in [-0.25, -0.2) is 4.79 Å². The number of nitrogens with one attached hydrogen (secondary N) is 1. The number of nitrogens with two attached hydrogens (primary N) is 1. The van der Waals surface area contributed by atoms with Crippen LogP contribution in [0.25, 0.3) is 5.70 Å². The Bertz CT molecular complexity index is 708. The minimum atomic E-state index is -0.296. The molecule has 1 aliphatic heterocycles. The van der Waals surface area contributed by atoms with Gasteiger partial charge < -0.3 is 20.7 Å². The maximum Gasteiger partial charge on any atom is 0.338 e. The second kappa shape index (κ2) is 11.6. The van der Waals surface area contributed by atoms with E-state index in [1.165, 1.54) is 32.1 Å². The third-order valence-electron chi connectivity index (χ3n) is 5.98. The average molecular weight is 433 g/mol. The Morgan fingerprint density at radius 3 is 2.33 bits per heavy atom. The van der Waals surface area contributed by atoms with Crippen LogP contribution in [-0.2, 0) is 4.74 Å². The summed E-state index contributed by atoms with van der Waals surface area (Å²) in [5, 5.41) is 4.34. The van der Waals surface area contributed by atoms with Crippen LogP contribution in [0.3, 0.4) is 0 Å². The summed E-state index contributed by atoms with van der Waals surface area (Å²) in [7, 11) is 1.95. The zero-order valence-corrected chi connectivity index (χ0v) is 19.2. The van der Waals surface area contributed by atoms with Crippen LogP contribution in [0.5, 0.6) is 0 Å². The van der Waals surface area contributed by atoms with Crippen molar-refractivity contribution in [3.05, 3.63) is 40.4 Å². The number of hydrogen-bond donors (Lipinski definition) is 2. The van der Waals surface area contributed by atoms with Crippen molar-refractivity contribution in [3.8, 4) is 0 Å². The number of esters is 1. The molecular weight excluding hydrogens is 396 g/mol. The molecule has 0 atom stereocenters. The molecule has 1 heterocycles. The van der Waals surface area contributed by atoms with E-state index in [2.05, 4.69) is 15.1 Å².